The van der Waals surface area contributed by atoms with Crippen molar-refractivity contribution in [3.63, 3.8) is 0 Å². The fourth-order valence-electron chi connectivity index (χ4n) is 2.79. The van der Waals surface area contributed by atoms with E-state index in [4.69, 9.17) is 9.47 Å². The highest BCUT2D eigenvalue weighted by Crippen LogP contribution is 2.31. The summed E-state index contributed by atoms with van der Waals surface area (Å²) in [6, 6.07) is 7.30. The van der Waals surface area contributed by atoms with E-state index in [0.717, 1.165) is 16.7 Å². The number of Topliss-reactive ketones (excluding diaryl/α,β-unsaturated/α-hetero) is 1. The lowest BCUT2D eigenvalue weighted by Gasteiger charge is -2.22. The molecule has 0 N–H and O–H groups in total. The van der Waals surface area contributed by atoms with Crippen molar-refractivity contribution >= 4 is 22.7 Å². The molecule has 5 heteroatoms. The third-order valence-corrected chi connectivity index (χ3v) is 3.84. The highest BCUT2D eigenvalue weighted by Gasteiger charge is 2.32. The molecule has 0 fully saturated rings. The number of hydrogen-bond acceptors (Lipinski definition) is 4. The minimum Gasteiger partial charge on any atom is -0.496 e. The maximum absolute atomic E-state index is 12.1. The van der Waals surface area contributed by atoms with Crippen LogP contribution in [0.3, 0.4) is 0 Å². The molecule has 5 nitrogen and oxygen atoms in total. The molecule has 1 aromatic heterocycles. The fourth-order valence-corrected chi connectivity index (χ4v) is 2.79. The maximum atomic E-state index is 12.1. The van der Waals surface area contributed by atoms with Gasteiger partial charge < -0.3 is 14.0 Å². The van der Waals surface area contributed by atoms with E-state index >= 15 is 0 Å². The summed E-state index contributed by atoms with van der Waals surface area (Å²) < 4.78 is 12.3. The molecule has 1 aromatic carbocycles. The van der Waals surface area contributed by atoms with Crippen molar-refractivity contribution in [2.75, 3.05) is 13.7 Å². The molecule has 22 heavy (non-hydrogen) atoms. The van der Waals surface area contributed by atoms with E-state index in [1.54, 1.807) is 14.0 Å². The highest BCUT2D eigenvalue weighted by atomic mass is 16.5. The first-order valence-corrected chi connectivity index (χ1v) is 7.31. The summed E-state index contributed by atoms with van der Waals surface area (Å²) in [5.41, 5.74) is 0.919. The monoisotopic (exact) mass is 303 g/mol. The number of fused-ring (bicyclic) bond motifs is 1. The topological polar surface area (TPSA) is 57.5 Å². The third-order valence-electron chi connectivity index (χ3n) is 3.84. The standard InChI is InChI=1S/C17H21NO4/c1-5-22-17(20)16(12(3)19)11(2)18-10-9-13-14(18)7-6-8-15(13)21-4/h6-11,16H,5H2,1-4H3. The van der Waals surface area contributed by atoms with Gasteiger partial charge in [-0.05, 0) is 39.0 Å². The Hall–Kier alpha value is -2.30. The second-order valence-electron chi connectivity index (χ2n) is 5.20. The summed E-state index contributed by atoms with van der Waals surface area (Å²) in [7, 11) is 1.62. The van der Waals surface area contributed by atoms with Crippen LogP contribution in [0.5, 0.6) is 5.75 Å². The summed E-state index contributed by atoms with van der Waals surface area (Å²) in [4.78, 5) is 24.0. The van der Waals surface area contributed by atoms with E-state index in [2.05, 4.69) is 0 Å². The Morgan fingerprint density at radius 3 is 2.59 bits per heavy atom. The first kappa shape index (κ1) is 16.1. The van der Waals surface area contributed by atoms with Crippen molar-refractivity contribution < 1.29 is 19.1 Å². The molecule has 0 aliphatic rings. The van der Waals surface area contributed by atoms with Crippen molar-refractivity contribution in [1.29, 1.82) is 0 Å². The van der Waals surface area contributed by atoms with Crippen molar-refractivity contribution in [3.05, 3.63) is 30.5 Å². The van der Waals surface area contributed by atoms with Crippen LogP contribution < -0.4 is 4.74 Å². The van der Waals surface area contributed by atoms with E-state index in [9.17, 15) is 9.59 Å². The van der Waals surface area contributed by atoms with Gasteiger partial charge in [0, 0.05) is 11.6 Å². The van der Waals surface area contributed by atoms with Gasteiger partial charge in [-0.2, -0.15) is 0 Å². The molecule has 118 valence electrons. The Bertz CT molecular complexity index is 689. The Balaban J connectivity index is 2.45. The maximum Gasteiger partial charge on any atom is 0.318 e. The Morgan fingerprint density at radius 1 is 1.27 bits per heavy atom. The van der Waals surface area contributed by atoms with E-state index < -0.39 is 11.9 Å². The average molecular weight is 303 g/mol. The molecule has 2 unspecified atom stereocenters. The Labute approximate surface area is 129 Å². The molecule has 0 saturated heterocycles. The Kier molecular flexibility index (Phi) is 4.85. The molecule has 2 atom stereocenters. The van der Waals surface area contributed by atoms with Gasteiger partial charge in [0.25, 0.3) is 0 Å². The summed E-state index contributed by atoms with van der Waals surface area (Å²) in [6.45, 7) is 5.26. The van der Waals surface area contributed by atoms with Crippen molar-refractivity contribution in [2.45, 2.75) is 26.8 Å². The predicted octanol–water partition coefficient (Wildman–Crippen LogP) is 2.98. The molecule has 0 saturated carbocycles. The van der Waals surface area contributed by atoms with Crippen LogP contribution in [0, 0.1) is 5.92 Å². The Morgan fingerprint density at radius 2 is 2.00 bits per heavy atom. The zero-order valence-corrected chi connectivity index (χ0v) is 13.3. The van der Waals surface area contributed by atoms with Gasteiger partial charge in [-0.25, -0.2) is 0 Å². The van der Waals surface area contributed by atoms with Crippen LogP contribution in [0.25, 0.3) is 10.9 Å². The minimum atomic E-state index is -0.818. The smallest absolute Gasteiger partial charge is 0.318 e. The largest absolute Gasteiger partial charge is 0.496 e. The van der Waals surface area contributed by atoms with Crippen LogP contribution in [-0.4, -0.2) is 30.0 Å². The number of rotatable bonds is 6. The van der Waals surface area contributed by atoms with Gasteiger partial charge >= 0.3 is 5.97 Å². The molecule has 0 aliphatic heterocycles. The number of methoxy groups -OCH3 is 1. The average Bonchev–Trinajstić information content (AvgIpc) is 2.90. The highest BCUT2D eigenvalue weighted by molar-refractivity contribution is 5.98. The van der Waals surface area contributed by atoms with Crippen LogP contribution in [0.1, 0.15) is 26.8 Å². The fraction of sp³-hybridized carbons (Fsp3) is 0.412. The van der Waals surface area contributed by atoms with Crippen LogP contribution in [-0.2, 0) is 14.3 Å². The summed E-state index contributed by atoms with van der Waals surface area (Å²) >= 11 is 0. The van der Waals surface area contributed by atoms with E-state index in [1.165, 1.54) is 6.92 Å². The zero-order valence-electron chi connectivity index (χ0n) is 13.3. The summed E-state index contributed by atoms with van der Waals surface area (Å²) in [5.74, 6) is -0.733. The second-order valence-corrected chi connectivity index (χ2v) is 5.20. The van der Waals surface area contributed by atoms with Crippen LogP contribution in [0.15, 0.2) is 30.5 Å². The molecule has 0 aliphatic carbocycles. The number of carbonyl (C=O) groups excluding carboxylic acids is 2. The van der Waals surface area contributed by atoms with Crippen molar-refractivity contribution in [2.24, 2.45) is 5.92 Å². The van der Waals surface area contributed by atoms with E-state index in [0.29, 0.717) is 0 Å². The molecular formula is C17H21NO4. The molecular weight excluding hydrogens is 282 g/mol. The first-order chi connectivity index (χ1) is 10.5. The molecule has 1 heterocycles. The molecule has 0 radical (unpaired) electrons. The van der Waals surface area contributed by atoms with Crippen molar-refractivity contribution in [1.82, 2.24) is 4.57 Å². The second kappa shape index (κ2) is 6.64. The van der Waals surface area contributed by atoms with Crippen LogP contribution >= 0.6 is 0 Å². The number of aromatic nitrogens is 1. The summed E-state index contributed by atoms with van der Waals surface area (Å²) in [6.07, 6.45) is 1.87. The van der Waals surface area contributed by atoms with Gasteiger partial charge in [0.15, 0.2) is 0 Å². The van der Waals surface area contributed by atoms with Crippen molar-refractivity contribution in [3.8, 4) is 5.75 Å². The minimum absolute atomic E-state index is 0.198. The van der Waals surface area contributed by atoms with Gasteiger partial charge in [0.2, 0.25) is 0 Å². The quantitative estimate of drug-likeness (QED) is 0.608. The SMILES string of the molecule is CCOC(=O)C(C(C)=O)C(C)n1ccc2c(OC)cccc21. The number of ether oxygens (including phenoxy) is 2. The number of hydrogen-bond donors (Lipinski definition) is 0. The van der Waals surface area contributed by atoms with Gasteiger partial charge in [-0.3, -0.25) is 9.59 Å². The normalized spacial score (nSPS) is 13.6. The number of nitrogens with zero attached hydrogens (tertiary/aromatic N) is 1. The molecule has 2 aromatic rings. The number of carbonyl (C=O) groups is 2. The van der Waals surface area contributed by atoms with Gasteiger partial charge in [-0.1, -0.05) is 6.07 Å². The predicted molar refractivity (Wildman–Crippen MR) is 84.0 cm³/mol. The van der Waals surface area contributed by atoms with Gasteiger partial charge in [-0.15, -0.1) is 0 Å². The lowest BCUT2D eigenvalue weighted by atomic mass is 9.97. The zero-order chi connectivity index (χ0) is 16.3. The number of ketones is 1. The molecule has 0 spiro atoms. The van der Waals surface area contributed by atoms with Gasteiger partial charge in [0.1, 0.15) is 17.5 Å². The lowest BCUT2D eigenvalue weighted by Crippen LogP contribution is -2.31. The molecule has 0 amide bonds. The van der Waals surface area contributed by atoms with Crippen LogP contribution in [0.2, 0.25) is 0 Å². The number of esters is 1. The lowest BCUT2D eigenvalue weighted by molar-refractivity contribution is -0.152. The van der Waals surface area contributed by atoms with E-state index in [-0.39, 0.29) is 18.4 Å². The van der Waals surface area contributed by atoms with E-state index in [1.807, 2.05) is 42.0 Å². The molecule has 2 rings (SSSR count). The van der Waals surface area contributed by atoms with Gasteiger partial charge in [0.05, 0.1) is 25.3 Å². The van der Waals surface area contributed by atoms with Crippen LogP contribution in [0.4, 0.5) is 0 Å². The number of benzene rings is 1. The summed E-state index contributed by atoms with van der Waals surface area (Å²) in [5, 5.41) is 0.947. The first-order valence-electron chi connectivity index (χ1n) is 7.31. The third kappa shape index (κ3) is 2.84. The molecule has 0 bridgehead atoms.